The highest BCUT2D eigenvalue weighted by Crippen LogP contribution is 2.39. The van der Waals surface area contributed by atoms with Crippen LogP contribution in [-0.2, 0) is 4.79 Å². The third-order valence-electron chi connectivity index (χ3n) is 4.41. The second-order valence-electron chi connectivity index (χ2n) is 6.25. The normalized spacial score (nSPS) is 11.4. The first-order chi connectivity index (χ1) is 15.1. The minimum Gasteiger partial charge on any atom is -0.493 e. The van der Waals surface area contributed by atoms with Gasteiger partial charge in [-0.2, -0.15) is 0 Å². The van der Waals surface area contributed by atoms with E-state index in [0.717, 1.165) is 30.3 Å². The Hall–Kier alpha value is -2.82. The minimum absolute atomic E-state index is 0.279. The molecule has 0 aliphatic rings. The summed E-state index contributed by atoms with van der Waals surface area (Å²) in [5.74, 6) is 1.26. The van der Waals surface area contributed by atoms with Crippen molar-refractivity contribution in [2.75, 3.05) is 32.9 Å². The molecule has 0 spiro atoms. The molecular weight excluding hydrogens is 454 g/mol. The second-order valence-corrected chi connectivity index (χ2v) is 9.30. The molecule has 0 unspecified atom stereocenters. The molecule has 0 saturated heterocycles. The van der Waals surface area contributed by atoms with Crippen molar-refractivity contribution in [1.82, 2.24) is 9.97 Å². The number of rotatable bonds is 7. The van der Waals surface area contributed by atoms with E-state index in [9.17, 15) is 4.79 Å². The summed E-state index contributed by atoms with van der Waals surface area (Å²) in [5, 5.41) is 3.38. The first kappa shape index (κ1) is 21.4. The zero-order valence-electron chi connectivity index (χ0n) is 17.2. The maximum absolute atomic E-state index is 12.5. The van der Waals surface area contributed by atoms with Gasteiger partial charge in [0.1, 0.15) is 0 Å². The van der Waals surface area contributed by atoms with Crippen molar-refractivity contribution in [3.8, 4) is 17.2 Å². The molecule has 0 aliphatic heterocycles. The molecule has 0 radical (unpaired) electrons. The number of hydrogen-bond acceptors (Lipinski definition) is 9. The SMILES string of the molecule is COc1cc(C=CC(=O)Nc2nc3ccc4nc(SC)sc4c3s2)cc(OC)c1OC. The number of hydrogen-bond donors (Lipinski definition) is 1. The molecule has 7 nitrogen and oxygen atoms in total. The van der Waals surface area contributed by atoms with E-state index >= 15 is 0 Å². The smallest absolute Gasteiger partial charge is 0.250 e. The van der Waals surface area contributed by atoms with Crippen LogP contribution in [0.2, 0.25) is 0 Å². The molecule has 0 bridgehead atoms. The monoisotopic (exact) mass is 473 g/mol. The zero-order chi connectivity index (χ0) is 22.0. The number of methoxy groups -OCH3 is 3. The Morgan fingerprint density at radius 1 is 1.00 bits per heavy atom. The lowest BCUT2D eigenvalue weighted by molar-refractivity contribution is -0.111. The lowest BCUT2D eigenvalue weighted by atomic mass is 10.1. The molecule has 4 rings (SSSR count). The number of thiazole rings is 2. The van der Waals surface area contributed by atoms with Gasteiger partial charge in [-0.3, -0.25) is 10.1 Å². The number of benzene rings is 2. The molecule has 2 aromatic carbocycles. The van der Waals surface area contributed by atoms with E-state index in [1.807, 2.05) is 18.4 Å². The minimum atomic E-state index is -0.279. The van der Waals surface area contributed by atoms with Crippen LogP contribution in [0, 0.1) is 0 Å². The molecule has 2 heterocycles. The average molecular weight is 474 g/mol. The number of anilines is 1. The fraction of sp³-hybridized carbons (Fsp3) is 0.190. The number of amides is 1. The molecule has 2 aromatic heterocycles. The van der Waals surface area contributed by atoms with Crippen LogP contribution < -0.4 is 19.5 Å². The molecule has 0 atom stereocenters. The summed E-state index contributed by atoms with van der Waals surface area (Å²) in [5.41, 5.74) is 2.54. The van der Waals surface area contributed by atoms with Crippen LogP contribution in [0.25, 0.3) is 26.5 Å². The number of nitrogens with zero attached hydrogens (tertiary/aromatic N) is 2. The first-order valence-electron chi connectivity index (χ1n) is 9.09. The van der Waals surface area contributed by atoms with Crippen molar-refractivity contribution in [2.45, 2.75) is 4.34 Å². The number of ether oxygens (including phenoxy) is 3. The predicted molar refractivity (Wildman–Crippen MR) is 128 cm³/mol. The van der Waals surface area contributed by atoms with E-state index in [4.69, 9.17) is 14.2 Å². The van der Waals surface area contributed by atoms with Crippen molar-refractivity contribution >= 4 is 72.0 Å². The number of fused-ring (bicyclic) bond motifs is 3. The van der Waals surface area contributed by atoms with Gasteiger partial charge in [-0.1, -0.05) is 23.1 Å². The quantitative estimate of drug-likeness (QED) is 0.288. The molecule has 10 heteroatoms. The molecule has 0 fully saturated rings. The van der Waals surface area contributed by atoms with Gasteiger partial charge in [0, 0.05) is 6.08 Å². The van der Waals surface area contributed by atoms with Gasteiger partial charge in [-0.25, -0.2) is 9.97 Å². The maximum Gasteiger partial charge on any atom is 0.250 e. The van der Waals surface area contributed by atoms with Gasteiger partial charge in [-0.05, 0) is 42.2 Å². The molecule has 31 heavy (non-hydrogen) atoms. The van der Waals surface area contributed by atoms with Crippen LogP contribution in [0.15, 0.2) is 34.7 Å². The van der Waals surface area contributed by atoms with Crippen LogP contribution in [0.3, 0.4) is 0 Å². The highest BCUT2D eigenvalue weighted by molar-refractivity contribution is 8.00. The van der Waals surface area contributed by atoms with Crippen molar-refractivity contribution in [2.24, 2.45) is 0 Å². The van der Waals surface area contributed by atoms with Crippen LogP contribution in [-0.4, -0.2) is 43.5 Å². The Morgan fingerprint density at radius 2 is 1.65 bits per heavy atom. The molecule has 4 aromatic rings. The Labute approximate surface area is 191 Å². The maximum atomic E-state index is 12.5. The van der Waals surface area contributed by atoms with Gasteiger partial charge in [0.2, 0.25) is 11.7 Å². The van der Waals surface area contributed by atoms with Crippen molar-refractivity contribution in [3.05, 3.63) is 35.9 Å². The lowest BCUT2D eigenvalue weighted by Crippen LogP contribution is -2.07. The molecule has 0 saturated carbocycles. The van der Waals surface area contributed by atoms with E-state index in [0.29, 0.717) is 22.4 Å². The third kappa shape index (κ3) is 4.32. The molecule has 160 valence electrons. The molecule has 0 aliphatic carbocycles. The summed E-state index contributed by atoms with van der Waals surface area (Å²) in [6.07, 6.45) is 5.13. The van der Waals surface area contributed by atoms with Crippen LogP contribution >= 0.6 is 34.4 Å². The van der Waals surface area contributed by atoms with Crippen molar-refractivity contribution in [3.63, 3.8) is 0 Å². The van der Waals surface area contributed by atoms with Crippen molar-refractivity contribution < 1.29 is 19.0 Å². The van der Waals surface area contributed by atoms with Gasteiger partial charge in [0.15, 0.2) is 21.0 Å². The van der Waals surface area contributed by atoms with Gasteiger partial charge in [0.05, 0.1) is 41.8 Å². The Bertz CT molecular complexity index is 1270. The van der Waals surface area contributed by atoms with Crippen molar-refractivity contribution in [1.29, 1.82) is 0 Å². The number of carbonyl (C=O) groups excluding carboxylic acids is 1. The number of carbonyl (C=O) groups is 1. The van der Waals surface area contributed by atoms with Gasteiger partial charge in [0.25, 0.3) is 0 Å². The Morgan fingerprint density at radius 3 is 2.26 bits per heavy atom. The highest BCUT2D eigenvalue weighted by Gasteiger charge is 2.14. The molecule has 1 N–H and O–H groups in total. The van der Waals surface area contributed by atoms with Gasteiger partial charge < -0.3 is 14.2 Å². The van der Waals surface area contributed by atoms with E-state index in [2.05, 4.69) is 15.3 Å². The first-order valence-corrected chi connectivity index (χ1v) is 11.9. The summed E-state index contributed by atoms with van der Waals surface area (Å²) in [4.78, 5) is 21.6. The number of nitrogens with one attached hydrogen (secondary N) is 1. The topological polar surface area (TPSA) is 82.6 Å². The zero-order valence-corrected chi connectivity index (χ0v) is 19.7. The fourth-order valence-corrected chi connectivity index (χ4v) is 5.67. The van der Waals surface area contributed by atoms with E-state index in [1.165, 1.54) is 17.4 Å². The third-order valence-corrected chi connectivity index (χ3v) is 7.62. The van der Waals surface area contributed by atoms with E-state index < -0.39 is 0 Å². The summed E-state index contributed by atoms with van der Waals surface area (Å²) in [6, 6.07) is 7.43. The average Bonchev–Trinajstić information content (AvgIpc) is 3.39. The van der Waals surface area contributed by atoms with E-state index in [-0.39, 0.29) is 5.91 Å². The standard InChI is InChI=1S/C21H19N3O4S3/c1-26-14-9-11(10-15(27-2)17(14)28-3)5-8-16(25)24-20-22-12-6-7-13-19(18(12)30-20)31-21(23-13)29-4/h5-10H,1-4H3,(H,22,24,25). The highest BCUT2D eigenvalue weighted by atomic mass is 32.2. The molecular formula is C21H19N3O4S3. The molecule has 1 amide bonds. The Kier molecular flexibility index (Phi) is 6.30. The lowest BCUT2D eigenvalue weighted by Gasteiger charge is -2.12. The fourth-order valence-electron chi connectivity index (χ4n) is 3.01. The van der Waals surface area contributed by atoms with Gasteiger partial charge in [-0.15, -0.1) is 11.3 Å². The van der Waals surface area contributed by atoms with Gasteiger partial charge >= 0.3 is 0 Å². The van der Waals surface area contributed by atoms with Crippen LogP contribution in [0.1, 0.15) is 5.56 Å². The number of aromatic nitrogens is 2. The largest absolute Gasteiger partial charge is 0.493 e. The summed E-state index contributed by atoms with van der Waals surface area (Å²) in [6.45, 7) is 0. The number of thioether (sulfide) groups is 1. The van der Waals surface area contributed by atoms with Crippen LogP contribution in [0.5, 0.6) is 17.2 Å². The predicted octanol–water partition coefficient (Wildman–Crippen LogP) is 5.31. The Balaban J connectivity index is 1.56. The summed E-state index contributed by atoms with van der Waals surface area (Å²) in [7, 11) is 4.64. The second kappa shape index (κ2) is 9.13. The van der Waals surface area contributed by atoms with Crippen LogP contribution in [0.4, 0.5) is 5.13 Å². The summed E-state index contributed by atoms with van der Waals surface area (Å²) < 4.78 is 19.1. The van der Waals surface area contributed by atoms with E-state index in [1.54, 1.807) is 62.6 Å². The summed E-state index contributed by atoms with van der Waals surface area (Å²) >= 11 is 4.70.